The van der Waals surface area contributed by atoms with Gasteiger partial charge in [-0.05, 0) is 54.7 Å². The maximum absolute atomic E-state index is 13.8. The van der Waals surface area contributed by atoms with Gasteiger partial charge in [-0.15, -0.1) is 0 Å². The van der Waals surface area contributed by atoms with E-state index in [1.807, 2.05) is 19.9 Å². The van der Waals surface area contributed by atoms with Crippen LogP contribution in [0.1, 0.15) is 102 Å². The Labute approximate surface area is 131 Å². The highest BCUT2D eigenvalue weighted by Crippen LogP contribution is 2.42. The molecular formula is C20H33F. The lowest BCUT2D eigenvalue weighted by atomic mass is 9.87. The highest BCUT2D eigenvalue weighted by Gasteiger charge is 2.27. The first kappa shape index (κ1) is 18.2. The van der Waals surface area contributed by atoms with Crippen molar-refractivity contribution in [2.45, 2.75) is 90.9 Å². The van der Waals surface area contributed by atoms with Crippen molar-refractivity contribution >= 4 is 0 Å². The summed E-state index contributed by atoms with van der Waals surface area (Å²) in [6, 6.07) is 5.90. The van der Waals surface area contributed by atoms with Crippen molar-refractivity contribution in [3.8, 4) is 0 Å². The Morgan fingerprint density at radius 1 is 1.05 bits per heavy atom. The smallest absolute Gasteiger partial charge is 0.126 e. The van der Waals surface area contributed by atoms with Crippen LogP contribution in [0.2, 0.25) is 0 Å². The summed E-state index contributed by atoms with van der Waals surface area (Å²) in [5, 5.41) is 0. The molecule has 1 aliphatic rings. The van der Waals surface area contributed by atoms with E-state index in [0.29, 0.717) is 11.8 Å². The summed E-state index contributed by atoms with van der Waals surface area (Å²) in [5.41, 5.74) is 2.36. The molecule has 0 radical (unpaired) electrons. The summed E-state index contributed by atoms with van der Waals surface area (Å²) in [7, 11) is 0. The molecule has 0 amide bonds. The molecule has 0 heterocycles. The van der Waals surface area contributed by atoms with Gasteiger partial charge in [0.2, 0.25) is 0 Å². The van der Waals surface area contributed by atoms with Gasteiger partial charge in [0, 0.05) is 0 Å². The van der Waals surface area contributed by atoms with Crippen molar-refractivity contribution in [2.75, 3.05) is 0 Å². The summed E-state index contributed by atoms with van der Waals surface area (Å²) in [5.74, 6) is 1.16. The molecular weight excluding hydrogens is 259 g/mol. The van der Waals surface area contributed by atoms with Crippen molar-refractivity contribution in [1.82, 2.24) is 0 Å². The van der Waals surface area contributed by atoms with Crippen molar-refractivity contribution in [3.05, 3.63) is 35.1 Å². The highest BCUT2D eigenvalue weighted by atomic mass is 19.1. The predicted molar refractivity (Wildman–Crippen MR) is 91.5 cm³/mol. The molecule has 120 valence electrons. The Morgan fingerprint density at radius 3 is 2.10 bits per heavy atom. The zero-order valence-electron chi connectivity index (χ0n) is 14.4. The minimum atomic E-state index is 0.0102. The molecule has 0 bridgehead atoms. The monoisotopic (exact) mass is 292 g/mol. The van der Waals surface area contributed by atoms with Crippen LogP contribution in [0.25, 0.3) is 0 Å². The molecule has 2 rings (SSSR count). The maximum Gasteiger partial charge on any atom is 0.126 e. The Bertz CT molecular complexity index is 385. The standard InChI is InChI=1S/C18H27F.C2H6/c1-3-5-7-14(8-6-4-2)16-11-12-18(19)17(13-16)15-9-10-15;1-2/h11-15H,3-10H2,1-2H3;1-2H3. The number of benzene rings is 1. The van der Waals surface area contributed by atoms with E-state index in [1.165, 1.54) is 56.9 Å². The third kappa shape index (κ3) is 5.80. The fourth-order valence-corrected chi connectivity index (χ4v) is 2.90. The molecule has 1 saturated carbocycles. The fourth-order valence-electron chi connectivity index (χ4n) is 2.90. The van der Waals surface area contributed by atoms with E-state index in [0.717, 1.165) is 5.56 Å². The van der Waals surface area contributed by atoms with Gasteiger partial charge in [0.25, 0.3) is 0 Å². The molecule has 1 heteroatoms. The van der Waals surface area contributed by atoms with Crippen LogP contribution in [0, 0.1) is 5.82 Å². The lowest BCUT2D eigenvalue weighted by Crippen LogP contribution is -2.01. The van der Waals surface area contributed by atoms with Gasteiger partial charge < -0.3 is 0 Å². The van der Waals surface area contributed by atoms with Crippen molar-refractivity contribution in [3.63, 3.8) is 0 Å². The fraction of sp³-hybridized carbons (Fsp3) is 0.700. The number of halogens is 1. The number of unbranched alkanes of at least 4 members (excludes halogenated alkanes) is 2. The zero-order valence-corrected chi connectivity index (χ0v) is 14.4. The van der Waals surface area contributed by atoms with Crippen LogP contribution < -0.4 is 0 Å². The van der Waals surface area contributed by atoms with E-state index in [9.17, 15) is 4.39 Å². The Morgan fingerprint density at radius 2 is 1.62 bits per heavy atom. The first-order chi connectivity index (χ1) is 10.3. The molecule has 0 N–H and O–H groups in total. The third-order valence-corrected chi connectivity index (χ3v) is 4.32. The average molecular weight is 292 g/mol. The van der Waals surface area contributed by atoms with Crippen LogP contribution in [0.4, 0.5) is 4.39 Å². The molecule has 0 aliphatic heterocycles. The first-order valence-corrected chi connectivity index (χ1v) is 9.05. The summed E-state index contributed by atoms with van der Waals surface area (Å²) in [6.45, 7) is 8.49. The van der Waals surface area contributed by atoms with Gasteiger partial charge in [-0.25, -0.2) is 4.39 Å². The van der Waals surface area contributed by atoms with Crippen LogP contribution in [0.15, 0.2) is 18.2 Å². The molecule has 1 fully saturated rings. The first-order valence-electron chi connectivity index (χ1n) is 9.05. The Hall–Kier alpha value is -0.850. The van der Waals surface area contributed by atoms with Gasteiger partial charge in [0.15, 0.2) is 0 Å². The van der Waals surface area contributed by atoms with E-state index in [2.05, 4.69) is 19.9 Å². The molecule has 0 spiro atoms. The summed E-state index contributed by atoms with van der Waals surface area (Å²) < 4.78 is 13.8. The molecule has 1 aromatic carbocycles. The largest absolute Gasteiger partial charge is 0.207 e. The summed E-state index contributed by atoms with van der Waals surface area (Å²) in [4.78, 5) is 0. The highest BCUT2D eigenvalue weighted by molar-refractivity contribution is 5.32. The number of hydrogen-bond acceptors (Lipinski definition) is 0. The van der Waals surface area contributed by atoms with E-state index < -0.39 is 0 Å². The second kappa shape index (κ2) is 9.97. The quantitative estimate of drug-likeness (QED) is 0.475. The molecule has 1 aromatic rings. The lowest BCUT2D eigenvalue weighted by molar-refractivity contribution is 0.522. The van der Waals surface area contributed by atoms with Gasteiger partial charge in [0.05, 0.1) is 0 Å². The number of hydrogen-bond donors (Lipinski definition) is 0. The SMILES string of the molecule is CC.CCCCC(CCCC)c1ccc(F)c(C2CC2)c1. The summed E-state index contributed by atoms with van der Waals surface area (Å²) >= 11 is 0. The van der Waals surface area contributed by atoms with Crippen LogP contribution in [-0.2, 0) is 0 Å². The molecule has 0 atom stereocenters. The van der Waals surface area contributed by atoms with Crippen molar-refractivity contribution in [2.24, 2.45) is 0 Å². The van der Waals surface area contributed by atoms with Crippen LogP contribution in [0.5, 0.6) is 0 Å². The Balaban J connectivity index is 0.00000106. The zero-order chi connectivity index (χ0) is 15.7. The molecule has 21 heavy (non-hydrogen) atoms. The lowest BCUT2D eigenvalue weighted by Gasteiger charge is -2.18. The van der Waals surface area contributed by atoms with E-state index in [-0.39, 0.29) is 5.82 Å². The van der Waals surface area contributed by atoms with Gasteiger partial charge in [0.1, 0.15) is 5.82 Å². The van der Waals surface area contributed by atoms with E-state index >= 15 is 0 Å². The normalized spacial score (nSPS) is 14.0. The predicted octanol–water partition coefficient (Wildman–Crippen LogP) is 7.19. The molecule has 0 unspecified atom stereocenters. The Kier molecular flexibility index (Phi) is 8.64. The number of rotatable bonds is 8. The average Bonchev–Trinajstić information content (AvgIpc) is 3.35. The second-order valence-corrected chi connectivity index (χ2v) is 6.04. The van der Waals surface area contributed by atoms with Gasteiger partial charge >= 0.3 is 0 Å². The van der Waals surface area contributed by atoms with Gasteiger partial charge in [-0.2, -0.15) is 0 Å². The van der Waals surface area contributed by atoms with Gasteiger partial charge in [-0.1, -0.05) is 65.5 Å². The molecule has 0 aromatic heterocycles. The van der Waals surface area contributed by atoms with E-state index in [1.54, 1.807) is 6.07 Å². The minimum Gasteiger partial charge on any atom is -0.207 e. The molecule has 1 aliphatic carbocycles. The summed E-state index contributed by atoms with van der Waals surface area (Å²) in [6.07, 6.45) is 9.93. The van der Waals surface area contributed by atoms with Crippen molar-refractivity contribution < 1.29 is 4.39 Å². The maximum atomic E-state index is 13.8. The van der Waals surface area contributed by atoms with Crippen LogP contribution in [-0.4, -0.2) is 0 Å². The molecule has 0 nitrogen and oxygen atoms in total. The van der Waals surface area contributed by atoms with Gasteiger partial charge in [-0.3, -0.25) is 0 Å². The van der Waals surface area contributed by atoms with E-state index in [4.69, 9.17) is 0 Å². The topological polar surface area (TPSA) is 0 Å². The van der Waals surface area contributed by atoms with Crippen LogP contribution >= 0.6 is 0 Å². The molecule has 0 saturated heterocycles. The second-order valence-electron chi connectivity index (χ2n) is 6.04. The third-order valence-electron chi connectivity index (χ3n) is 4.32. The minimum absolute atomic E-state index is 0.0102. The van der Waals surface area contributed by atoms with Crippen molar-refractivity contribution in [1.29, 1.82) is 0 Å². The van der Waals surface area contributed by atoms with Crippen LogP contribution in [0.3, 0.4) is 0 Å².